The Balaban J connectivity index is 1.14. The molecule has 202 valence electrons. The molecular weight excluding hydrogens is 508 g/mol. The zero-order valence-electron chi connectivity index (χ0n) is 22.7. The first-order valence-corrected chi connectivity index (χ1v) is 14.2. The number of aromatic nitrogens is 3. The lowest BCUT2D eigenvalue weighted by atomic mass is 10.2. The zero-order valence-corrected chi connectivity index (χ0v) is 23.5. The summed E-state index contributed by atoms with van der Waals surface area (Å²) < 4.78 is 15.0. The molecule has 0 radical (unpaired) electrons. The predicted octanol–water partition coefficient (Wildman–Crippen LogP) is 5.62. The van der Waals surface area contributed by atoms with Gasteiger partial charge >= 0.3 is 0 Å². The number of anilines is 2. The van der Waals surface area contributed by atoms with E-state index in [9.17, 15) is 0 Å². The summed E-state index contributed by atoms with van der Waals surface area (Å²) in [4.78, 5) is 9.66. The van der Waals surface area contributed by atoms with Gasteiger partial charge in [0, 0.05) is 62.5 Å². The van der Waals surface area contributed by atoms with Crippen molar-refractivity contribution in [1.29, 1.82) is 0 Å². The van der Waals surface area contributed by atoms with E-state index in [0.29, 0.717) is 12.4 Å². The Hall–Kier alpha value is -3.66. The number of methoxy groups -OCH3 is 1. The molecule has 39 heavy (non-hydrogen) atoms. The number of piperazine rings is 1. The Labute approximate surface area is 232 Å². The molecule has 6 rings (SSSR count). The third kappa shape index (κ3) is 5.56. The fraction of sp³-hybridized carbons (Fsp3) is 0.333. The van der Waals surface area contributed by atoms with Crippen LogP contribution in [0.1, 0.15) is 6.42 Å². The molecule has 1 N–H and O–H groups in total. The van der Waals surface area contributed by atoms with E-state index in [0.717, 1.165) is 83.4 Å². The number of rotatable bonds is 9. The Kier molecular flexibility index (Phi) is 7.36. The van der Waals surface area contributed by atoms with Crippen molar-refractivity contribution in [3.05, 3.63) is 60.7 Å². The van der Waals surface area contributed by atoms with Gasteiger partial charge in [0.05, 0.1) is 29.5 Å². The minimum Gasteiger partial charge on any atom is -0.493 e. The quantitative estimate of drug-likeness (QED) is 0.243. The predicted molar refractivity (Wildman–Crippen MR) is 160 cm³/mol. The third-order valence-electron chi connectivity index (χ3n) is 7.30. The highest BCUT2D eigenvalue weighted by molar-refractivity contribution is 7.21. The number of benzene rings is 3. The number of aryl methyl sites for hydroxylation is 1. The van der Waals surface area contributed by atoms with Gasteiger partial charge in [-0.25, -0.2) is 4.98 Å². The van der Waals surface area contributed by atoms with Gasteiger partial charge in [0.15, 0.2) is 17.3 Å². The number of fused-ring (bicyclic) bond motifs is 2. The summed E-state index contributed by atoms with van der Waals surface area (Å²) >= 11 is 1.71. The zero-order chi connectivity index (χ0) is 26.8. The Morgan fingerprint density at radius 2 is 1.74 bits per heavy atom. The molecule has 0 saturated carbocycles. The molecule has 0 spiro atoms. The van der Waals surface area contributed by atoms with Gasteiger partial charge in [0.2, 0.25) is 0 Å². The van der Waals surface area contributed by atoms with E-state index in [4.69, 9.17) is 19.6 Å². The molecule has 0 bridgehead atoms. The second kappa shape index (κ2) is 11.2. The molecular formula is C30H34N6O2S. The van der Waals surface area contributed by atoms with Crippen LogP contribution in [0.3, 0.4) is 0 Å². The maximum absolute atomic E-state index is 6.18. The van der Waals surface area contributed by atoms with Gasteiger partial charge in [-0.2, -0.15) is 5.10 Å². The molecule has 8 nitrogen and oxygen atoms in total. The van der Waals surface area contributed by atoms with Crippen LogP contribution in [0.5, 0.6) is 11.5 Å². The maximum Gasteiger partial charge on any atom is 0.163 e. The monoisotopic (exact) mass is 542 g/mol. The van der Waals surface area contributed by atoms with Gasteiger partial charge in [-0.05, 0) is 55.9 Å². The molecule has 1 aliphatic heterocycles. The van der Waals surface area contributed by atoms with Crippen molar-refractivity contribution >= 4 is 44.0 Å². The van der Waals surface area contributed by atoms with Crippen molar-refractivity contribution in [3.63, 3.8) is 0 Å². The molecule has 3 heterocycles. The molecule has 0 atom stereocenters. The molecule has 3 aromatic carbocycles. The van der Waals surface area contributed by atoms with Crippen LogP contribution in [-0.4, -0.2) is 78.1 Å². The number of likely N-dealkylation sites (N-methyl/N-ethyl adjacent to an activating group) is 1. The Morgan fingerprint density at radius 3 is 2.51 bits per heavy atom. The second-order valence-corrected chi connectivity index (χ2v) is 11.1. The van der Waals surface area contributed by atoms with Gasteiger partial charge in [0.25, 0.3) is 0 Å². The van der Waals surface area contributed by atoms with Gasteiger partial charge in [-0.1, -0.05) is 12.1 Å². The van der Waals surface area contributed by atoms with Crippen molar-refractivity contribution < 1.29 is 9.47 Å². The number of nitrogens with zero attached hydrogens (tertiary/aromatic N) is 5. The molecule has 0 aliphatic carbocycles. The first kappa shape index (κ1) is 25.6. The summed E-state index contributed by atoms with van der Waals surface area (Å²) in [6.45, 7) is 6.22. The SMILES string of the molecule is COc1cc2c(Nc3ccc(-c4nc5ccccc5s4)cc3)nn(C)c2cc1OCCCN1CCN(C)CC1. The fourth-order valence-electron chi connectivity index (χ4n) is 5.00. The van der Waals surface area contributed by atoms with Crippen molar-refractivity contribution in [2.24, 2.45) is 7.05 Å². The lowest BCUT2D eigenvalue weighted by Gasteiger charge is -2.32. The van der Waals surface area contributed by atoms with Crippen LogP contribution >= 0.6 is 11.3 Å². The average molecular weight is 543 g/mol. The van der Waals surface area contributed by atoms with E-state index in [2.05, 4.69) is 58.6 Å². The highest BCUT2D eigenvalue weighted by atomic mass is 32.1. The van der Waals surface area contributed by atoms with E-state index in [1.807, 2.05) is 36.0 Å². The lowest BCUT2D eigenvalue weighted by Crippen LogP contribution is -2.44. The summed E-state index contributed by atoms with van der Waals surface area (Å²) in [6.07, 6.45) is 0.982. The normalized spacial score (nSPS) is 14.7. The molecule has 9 heteroatoms. The van der Waals surface area contributed by atoms with Crippen LogP contribution in [0.15, 0.2) is 60.7 Å². The van der Waals surface area contributed by atoms with Gasteiger partial charge < -0.3 is 24.6 Å². The summed E-state index contributed by atoms with van der Waals surface area (Å²) in [5.74, 6) is 2.24. The minimum absolute atomic E-state index is 0.651. The summed E-state index contributed by atoms with van der Waals surface area (Å²) in [5, 5.41) is 10.2. The van der Waals surface area contributed by atoms with Crippen LogP contribution < -0.4 is 14.8 Å². The van der Waals surface area contributed by atoms with Crippen molar-refractivity contribution in [1.82, 2.24) is 24.6 Å². The Bertz CT molecular complexity index is 1540. The average Bonchev–Trinajstić information content (AvgIpc) is 3.52. The van der Waals surface area contributed by atoms with Crippen LogP contribution in [0.2, 0.25) is 0 Å². The summed E-state index contributed by atoms with van der Waals surface area (Å²) in [7, 11) is 5.82. The highest BCUT2D eigenvalue weighted by Crippen LogP contribution is 2.37. The molecule has 2 aromatic heterocycles. The van der Waals surface area contributed by atoms with Crippen LogP contribution in [0.25, 0.3) is 31.7 Å². The second-order valence-electron chi connectivity index (χ2n) is 10.0. The summed E-state index contributed by atoms with van der Waals surface area (Å²) in [5.41, 5.74) is 4.08. The van der Waals surface area contributed by atoms with Crippen LogP contribution in [-0.2, 0) is 7.05 Å². The van der Waals surface area contributed by atoms with Gasteiger partial charge in [0.1, 0.15) is 5.01 Å². The van der Waals surface area contributed by atoms with E-state index >= 15 is 0 Å². The first-order chi connectivity index (χ1) is 19.1. The minimum atomic E-state index is 0.651. The summed E-state index contributed by atoms with van der Waals surface area (Å²) in [6, 6.07) is 20.6. The number of hydrogen-bond donors (Lipinski definition) is 1. The molecule has 0 unspecified atom stereocenters. The molecule has 1 fully saturated rings. The van der Waals surface area contributed by atoms with E-state index in [1.54, 1.807) is 18.4 Å². The van der Waals surface area contributed by atoms with Gasteiger partial charge in [-0.3, -0.25) is 4.68 Å². The number of nitrogens with one attached hydrogen (secondary N) is 1. The van der Waals surface area contributed by atoms with E-state index < -0.39 is 0 Å². The number of hydrogen-bond acceptors (Lipinski definition) is 8. The topological polar surface area (TPSA) is 67.7 Å². The van der Waals surface area contributed by atoms with Crippen LogP contribution in [0.4, 0.5) is 11.5 Å². The number of ether oxygens (including phenoxy) is 2. The highest BCUT2D eigenvalue weighted by Gasteiger charge is 2.16. The van der Waals surface area contributed by atoms with Gasteiger partial charge in [-0.15, -0.1) is 11.3 Å². The Morgan fingerprint density at radius 1 is 0.949 bits per heavy atom. The fourth-order valence-corrected chi connectivity index (χ4v) is 5.97. The molecule has 0 amide bonds. The number of para-hydroxylation sites is 1. The van der Waals surface area contributed by atoms with E-state index in [-0.39, 0.29) is 0 Å². The van der Waals surface area contributed by atoms with Crippen molar-refractivity contribution in [2.75, 3.05) is 58.8 Å². The first-order valence-electron chi connectivity index (χ1n) is 13.4. The largest absolute Gasteiger partial charge is 0.493 e. The maximum atomic E-state index is 6.18. The lowest BCUT2D eigenvalue weighted by molar-refractivity contribution is 0.145. The van der Waals surface area contributed by atoms with Crippen molar-refractivity contribution in [3.8, 4) is 22.1 Å². The molecule has 1 saturated heterocycles. The standard InChI is InChI=1S/C30H34N6O2S/c1-34-14-16-36(17-15-34)13-6-18-38-27-20-25-23(19-26(27)37-3)29(33-35(25)2)31-22-11-9-21(10-12-22)30-32-24-7-4-5-8-28(24)39-30/h4-5,7-12,19-20H,6,13-18H2,1-3H3,(H,31,33). The third-order valence-corrected chi connectivity index (χ3v) is 8.38. The molecule has 5 aromatic rings. The van der Waals surface area contributed by atoms with Crippen molar-refractivity contribution in [2.45, 2.75) is 6.42 Å². The number of thiazole rings is 1. The molecule has 1 aliphatic rings. The van der Waals surface area contributed by atoms with Crippen LogP contribution in [0, 0.1) is 0 Å². The van der Waals surface area contributed by atoms with E-state index in [1.165, 1.54) is 4.70 Å². The smallest absolute Gasteiger partial charge is 0.163 e.